The Morgan fingerprint density at radius 3 is 2.67 bits per heavy atom. The van der Waals surface area contributed by atoms with Crippen molar-refractivity contribution in [2.24, 2.45) is 7.05 Å². The van der Waals surface area contributed by atoms with E-state index in [2.05, 4.69) is 30.8 Å². The zero-order valence-electron chi connectivity index (χ0n) is 12.0. The standard InChI is InChI=1S/C12H16BrN5O2S/c1-8-4-5-10-9(2)18(7-6-17(8)10)21(19,20)12-11(13)14-15-16(12)3/h4-5,9H,6-7H2,1-3H3. The Morgan fingerprint density at radius 2 is 2.05 bits per heavy atom. The molecule has 0 spiro atoms. The lowest BCUT2D eigenvalue weighted by Gasteiger charge is -2.34. The Bertz CT molecular complexity index is 775. The van der Waals surface area contributed by atoms with Crippen LogP contribution >= 0.6 is 15.9 Å². The molecule has 21 heavy (non-hydrogen) atoms. The molecule has 2 aromatic heterocycles. The van der Waals surface area contributed by atoms with E-state index in [4.69, 9.17) is 0 Å². The molecule has 0 radical (unpaired) electrons. The summed E-state index contributed by atoms with van der Waals surface area (Å²) in [5, 5.41) is 7.62. The highest BCUT2D eigenvalue weighted by Gasteiger charge is 2.37. The summed E-state index contributed by atoms with van der Waals surface area (Å²) in [6.45, 7) is 5.02. The summed E-state index contributed by atoms with van der Waals surface area (Å²) in [5.41, 5.74) is 2.16. The van der Waals surface area contributed by atoms with Crippen molar-refractivity contribution < 1.29 is 8.42 Å². The second kappa shape index (κ2) is 4.92. The van der Waals surface area contributed by atoms with E-state index in [1.54, 1.807) is 7.05 Å². The minimum atomic E-state index is -3.65. The van der Waals surface area contributed by atoms with Gasteiger partial charge < -0.3 is 4.57 Å². The molecule has 0 N–H and O–H groups in total. The molecule has 9 heteroatoms. The van der Waals surface area contributed by atoms with Gasteiger partial charge in [0.15, 0.2) is 4.60 Å². The summed E-state index contributed by atoms with van der Waals surface area (Å²) in [6, 6.07) is 3.78. The summed E-state index contributed by atoms with van der Waals surface area (Å²) < 4.78 is 31.0. The van der Waals surface area contributed by atoms with E-state index in [0.29, 0.717) is 13.1 Å². The third-order valence-corrected chi connectivity index (χ3v) is 6.79. The van der Waals surface area contributed by atoms with Gasteiger partial charge in [-0.3, -0.25) is 0 Å². The highest BCUT2D eigenvalue weighted by atomic mass is 79.9. The molecule has 2 aromatic rings. The van der Waals surface area contributed by atoms with E-state index in [1.807, 2.05) is 26.0 Å². The second-order valence-electron chi connectivity index (χ2n) is 5.15. The van der Waals surface area contributed by atoms with Gasteiger partial charge in [-0.25, -0.2) is 13.1 Å². The van der Waals surface area contributed by atoms with Crippen LogP contribution in [0.1, 0.15) is 24.4 Å². The normalized spacial score (nSPS) is 19.7. The van der Waals surface area contributed by atoms with E-state index in [0.717, 1.165) is 11.4 Å². The van der Waals surface area contributed by atoms with Gasteiger partial charge in [-0.2, -0.15) is 4.31 Å². The first-order chi connectivity index (χ1) is 9.84. The average Bonchev–Trinajstić information content (AvgIpc) is 2.94. The van der Waals surface area contributed by atoms with Crippen molar-refractivity contribution in [2.45, 2.75) is 31.5 Å². The van der Waals surface area contributed by atoms with Crippen molar-refractivity contribution >= 4 is 26.0 Å². The van der Waals surface area contributed by atoms with Gasteiger partial charge in [-0.15, -0.1) is 5.10 Å². The third kappa shape index (κ3) is 2.14. The van der Waals surface area contributed by atoms with Crippen LogP contribution < -0.4 is 0 Å². The van der Waals surface area contributed by atoms with Crippen LogP contribution in [0.25, 0.3) is 0 Å². The highest BCUT2D eigenvalue weighted by molar-refractivity contribution is 9.10. The lowest BCUT2D eigenvalue weighted by molar-refractivity contribution is 0.278. The smallest absolute Gasteiger partial charge is 0.263 e. The largest absolute Gasteiger partial charge is 0.346 e. The van der Waals surface area contributed by atoms with Crippen LogP contribution in [-0.2, 0) is 23.6 Å². The molecule has 0 aliphatic carbocycles. The maximum atomic E-state index is 12.9. The van der Waals surface area contributed by atoms with Gasteiger partial charge in [-0.1, -0.05) is 5.21 Å². The molecule has 0 saturated heterocycles. The van der Waals surface area contributed by atoms with Crippen molar-refractivity contribution in [3.8, 4) is 0 Å². The van der Waals surface area contributed by atoms with Gasteiger partial charge in [0.25, 0.3) is 10.0 Å². The molecule has 0 amide bonds. The summed E-state index contributed by atoms with van der Waals surface area (Å²) >= 11 is 3.17. The van der Waals surface area contributed by atoms with Gasteiger partial charge in [0.2, 0.25) is 5.03 Å². The maximum absolute atomic E-state index is 12.9. The van der Waals surface area contributed by atoms with Gasteiger partial charge in [0.05, 0.1) is 6.04 Å². The minimum absolute atomic E-state index is 0.0890. The average molecular weight is 374 g/mol. The Morgan fingerprint density at radius 1 is 1.33 bits per heavy atom. The van der Waals surface area contributed by atoms with Crippen molar-refractivity contribution in [1.29, 1.82) is 0 Å². The van der Waals surface area contributed by atoms with E-state index in [1.165, 1.54) is 8.99 Å². The molecule has 3 heterocycles. The van der Waals surface area contributed by atoms with Crippen LogP contribution in [0.2, 0.25) is 0 Å². The van der Waals surface area contributed by atoms with Gasteiger partial charge in [0.1, 0.15) is 0 Å². The van der Waals surface area contributed by atoms with E-state index in [-0.39, 0.29) is 15.7 Å². The summed E-state index contributed by atoms with van der Waals surface area (Å²) in [6.07, 6.45) is 0. The minimum Gasteiger partial charge on any atom is -0.346 e. The zero-order chi connectivity index (χ0) is 15.4. The lowest BCUT2D eigenvalue weighted by Crippen LogP contribution is -2.41. The number of fused-ring (bicyclic) bond motifs is 1. The van der Waals surface area contributed by atoms with Crippen LogP contribution in [0.15, 0.2) is 21.8 Å². The topological polar surface area (TPSA) is 73.0 Å². The SMILES string of the molecule is Cc1ccc2n1CCN(S(=O)(=O)c1c(Br)nnn1C)C2C. The van der Waals surface area contributed by atoms with Crippen molar-refractivity contribution in [1.82, 2.24) is 23.9 Å². The van der Waals surface area contributed by atoms with Crippen LogP contribution in [0.4, 0.5) is 0 Å². The van der Waals surface area contributed by atoms with Crippen LogP contribution in [0.5, 0.6) is 0 Å². The molecular formula is C12H16BrN5O2S. The quantitative estimate of drug-likeness (QED) is 0.798. The second-order valence-corrected chi connectivity index (χ2v) is 7.71. The first-order valence-electron chi connectivity index (χ1n) is 6.57. The van der Waals surface area contributed by atoms with Crippen LogP contribution in [-0.4, -0.2) is 38.8 Å². The fourth-order valence-electron chi connectivity index (χ4n) is 2.84. The monoisotopic (exact) mass is 373 g/mol. The summed E-state index contributed by atoms with van der Waals surface area (Å²) in [7, 11) is -2.08. The Hall–Kier alpha value is -1.19. The molecule has 114 valence electrons. The van der Waals surface area contributed by atoms with Gasteiger partial charge in [-0.05, 0) is 41.9 Å². The molecule has 1 unspecified atom stereocenters. The molecule has 1 aliphatic heterocycles. The molecule has 3 rings (SSSR count). The maximum Gasteiger partial charge on any atom is 0.263 e. The molecule has 0 saturated carbocycles. The lowest BCUT2D eigenvalue weighted by atomic mass is 10.2. The van der Waals surface area contributed by atoms with E-state index in [9.17, 15) is 8.42 Å². The van der Waals surface area contributed by atoms with Gasteiger partial charge >= 0.3 is 0 Å². The Balaban J connectivity index is 2.06. The number of aromatic nitrogens is 4. The Kier molecular flexibility index (Phi) is 3.45. The number of nitrogens with zero attached hydrogens (tertiary/aromatic N) is 5. The molecule has 1 aliphatic rings. The molecule has 0 fully saturated rings. The number of aryl methyl sites for hydroxylation is 2. The Labute approximate surface area is 131 Å². The predicted molar refractivity (Wildman–Crippen MR) is 80.2 cm³/mol. The van der Waals surface area contributed by atoms with Crippen molar-refractivity contribution in [3.05, 3.63) is 28.1 Å². The van der Waals surface area contributed by atoms with Gasteiger partial charge in [0, 0.05) is 31.5 Å². The zero-order valence-corrected chi connectivity index (χ0v) is 14.4. The first-order valence-corrected chi connectivity index (χ1v) is 8.80. The fraction of sp³-hybridized carbons (Fsp3) is 0.500. The van der Waals surface area contributed by atoms with Crippen LogP contribution in [0, 0.1) is 6.92 Å². The molecule has 7 nitrogen and oxygen atoms in total. The summed E-state index contributed by atoms with van der Waals surface area (Å²) in [5.74, 6) is 0. The third-order valence-electron chi connectivity index (χ3n) is 3.93. The number of hydrogen-bond acceptors (Lipinski definition) is 4. The van der Waals surface area contributed by atoms with E-state index < -0.39 is 10.0 Å². The fourth-order valence-corrected chi connectivity index (χ4v) is 5.47. The molecule has 1 atom stereocenters. The molecular weight excluding hydrogens is 358 g/mol. The molecule has 0 bridgehead atoms. The van der Waals surface area contributed by atoms with Crippen molar-refractivity contribution in [2.75, 3.05) is 6.54 Å². The number of halogens is 1. The van der Waals surface area contributed by atoms with Crippen LogP contribution in [0.3, 0.4) is 0 Å². The summed E-state index contributed by atoms with van der Waals surface area (Å²) in [4.78, 5) is 0. The highest BCUT2D eigenvalue weighted by Crippen LogP contribution is 2.33. The predicted octanol–water partition coefficient (Wildman–Crippen LogP) is 1.45. The molecule has 0 aromatic carbocycles. The van der Waals surface area contributed by atoms with Crippen molar-refractivity contribution in [3.63, 3.8) is 0 Å². The number of rotatable bonds is 2. The van der Waals surface area contributed by atoms with E-state index >= 15 is 0 Å². The number of hydrogen-bond donors (Lipinski definition) is 0. The first kappa shape index (κ1) is 14.7. The number of sulfonamides is 1.